The van der Waals surface area contributed by atoms with E-state index in [-0.39, 0.29) is 38.8 Å². The number of nitrogens with zero attached hydrogens (tertiary/aromatic N) is 1. The molecule has 0 amide bonds. The zero-order chi connectivity index (χ0) is 24.7. The Morgan fingerprint density at radius 2 is 1.48 bits per heavy atom. The third kappa shape index (κ3) is 5.44. The molecule has 12 heteroatoms. The van der Waals surface area contributed by atoms with Crippen molar-refractivity contribution in [3.63, 3.8) is 0 Å². The number of rotatable bonds is 4. The van der Waals surface area contributed by atoms with Crippen molar-refractivity contribution in [1.82, 2.24) is 4.98 Å². The molecule has 33 heavy (non-hydrogen) atoms. The number of anilines is 1. The topological polar surface area (TPSA) is 48.1 Å². The van der Waals surface area contributed by atoms with Crippen molar-refractivity contribution in [3.05, 3.63) is 75.1 Å². The van der Waals surface area contributed by atoms with Gasteiger partial charge in [0.25, 0.3) is 0 Å². The number of nitrogens with two attached hydrogens (primary N) is 1. The molecule has 176 valence electrons. The molecule has 0 aliphatic heterocycles. The van der Waals surface area contributed by atoms with Gasteiger partial charge in [0.2, 0.25) is 0 Å². The van der Waals surface area contributed by atoms with Crippen molar-refractivity contribution in [2.45, 2.75) is 25.4 Å². The molecule has 0 spiro atoms. The fraction of sp³-hybridized carbons (Fsp3) is 0.190. The summed E-state index contributed by atoms with van der Waals surface area (Å²) in [6.07, 6.45) is -10.0. The van der Waals surface area contributed by atoms with Crippen molar-refractivity contribution in [3.8, 4) is 16.9 Å². The summed E-state index contributed by atoms with van der Waals surface area (Å²) >= 11 is 12.0. The van der Waals surface area contributed by atoms with E-state index in [2.05, 4.69) is 4.98 Å². The molecule has 2 aromatic carbocycles. The monoisotopic (exact) mass is 512 g/mol. The van der Waals surface area contributed by atoms with Gasteiger partial charge in [0.1, 0.15) is 11.9 Å². The van der Waals surface area contributed by atoms with Crippen LogP contribution >= 0.6 is 23.2 Å². The molecule has 1 aromatic heterocycles. The van der Waals surface area contributed by atoms with Crippen LogP contribution in [0.2, 0.25) is 10.0 Å². The zero-order valence-corrected chi connectivity index (χ0v) is 18.0. The Hall–Kier alpha value is -2.72. The van der Waals surface area contributed by atoms with E-state index in [4.69, 9.17) is 33.7 Å². The van der Waals surface area contributed by atoms with Crippen LogP contribution in [0.4, 0.5) is 36.6 Å². The average molecular weight is 513 g/mol. The van der Waals surface area contributed by atoms with E-state index in [0.717, 1.165) is 18.3 Å². The van der Waals surface area contributed by atoms with Crippen molar-refractivity contribution >= 4 is 29.0 Å². The quantitative estimate of drug-likeness (QED) is 0.285. The first-order valence-corrected chi connectivity index (χ1v) is 9.79. The number of aromatic nitrogens is 1. The van der Waals surface area contributed by atoms with Gasteiger partial charge in [-0.2, -0.15) is 26.3 Å². The summed E-state index contributed by atoms with van der Waals surface area (Å²) in [4.78, 5) is 3.80. The van der Waals surface area contributed by atoms with Gasteiger partial charge in [0.15, 0.2) is 11.6 Å². The second-order valence-corrected chi connectivity index (χ2v) is 7.70. The van der Waals surface area contributed by atoms with Crippen LogP contribution < -0.4 is 10.5 Å². The number of pyridine rings is 1. The van der Waals surface area contributed by atoms with Crippen LogP contribution in [0.15, 0.2) is 42.6 Å². The van der Waals surface area contributed by atoms with Gasteiger partial charge in [-0.3, -0.25) is 0 Å². The normalized spacial score (nSPS) is 13.2. The molecule has 2 N–H and O–H groups in total. The predicted molar refractivity (Wildman–Crippen MR) is 110 cm³/mol. The third-order valence-electron chi connectivity index (χ3n) is 4.59. The third-order valence-corrected chi connectivity index (χ3v) is 5.31. The molecular formula is C21H13Cl2F7N2O. The summed E-state index contributed by atoms with van der Waals surface area (Å²) in [6.45, 7) is 1.45. The van der Waals surface area contributed by atoms with Crippen LogP contribution in [-0.2, 0) is 12.4 Å². The summed E-state index contributed by atoms with van der Waals surface area (Å²) in [6, 6.07) is 4.53. The number of alkyl halides is 6. The largest absolute Gasteiger partial charge is 0.482 e. The van der Waals surface area contributed by atoms with Gasteiger partial charge in [-0.1, -0.05) is 23.2 Å². The highest BCUT2D eigenvalue weighted by Gasteiger charge is 2.37. The maximum absolute atomic E-state index is 13.8. The molecule has 0 aliphatic carbocycles. The lowest BCUT2D eigenvalue weighted by Crippen LogP contribution is -2.11. The van der Waals surface area contributed by atoms with Crippen LogP contribution in [0, 0.1) is 5.82 Å². The number of hydrogen-bond donors (Lipinski definition) is 1. The molecule has 0 bridgehead atoms. The van der Waals surface area contributed by atoms with Gasteiger partial charge in [-0.05, 0) is 48.9 Å². The number of benzene rings is 2. The van der Waals surface area contributed by atoms with Gasteiger partial charge in [-0.25, -0.2) is 9.37 Å². The molecule has 0 saturated heterocycles. The summed E-state index contributed by atoms with van der Waals surface area (Å²) in [5.41, 5.74) is 2.32. The van der Waals surface area contributed by atoms with Gasteiger partial charge < -0.3 is 10.5 Å². The first-order valence-electron chi connectivity index (χ1n) is 9.04. The Morgan fingerprint density at radius 1 is 0.909 bits per heavy atom. The summed E-state index contributed by atoms with van der Waals surface area (Å²) in [5, 5.41) is -0.241. The molecule has 3 rings (SSSR count). The lowest BCUT2D eigenvalue weighted by atomic mass is 10.00. The van der Waals surface area contributed by atoms with Crippen LogP contribution in [0.25, 0.3) is 11.1 Å². The first-order chi connectivity index (χ1) is 15.2. The highest BCUT2D eigenvalue weighted by atomic mass is 35.5. The van der Waals surface area contributed by atoms with Gasteiger partial charge >= 0.3 is 12.4 Å². The predicted octanol–water partition coefficient (Wildman–Crippen LogP) is 7.95. The Kier molecular flexibility index (Phi) is 6.72. The average Bonchev–Trinajstić information content (AvgIpc) is 2.71. The van der Waals surface area contributed by atoms with E-state index < -0.39 is 41.0 Å². The zero-order valence-electron chi connectivity index (χ0n) is 16.5. The van der Waals surface area contributed by atoms with Gasteiger partial charge in [0, 0.05) is 22.3 Å². The molecule has 3 nitrogen and oxygen atoms in total. The number of ether oxygens (including phenoxy) is 1. The Morgan fingerprint density at radius 3 is 2.03 bits per heavy atom. The summed E-state index contributed by atoms with van der Waals surface area (Å²) in [7, 11) is 0. The smallest absolute Gasteiger partial charge is 0.416 e. The standard InChI is InChI=1S/C21H13Cl2F7N2O/c1-9(17-14(22)2-3-15(24)18(17)23)33-16-6-11(8-32-19(16)31)10-4-12(20(25,26)27)7-13(5-10)21(28,29)30/h2-9H,1H3,(H2,31,32). The van der Waals surface area contributed by atoms with E-state index in [1.807, 2.05) is 0 Å². The number of hydrogen-bond acceptors (Lipinski definition) is 3. The van der Waals surface area contributed by atoms with E-state index >= 15 is 0 Å². The van der Waals surface area contributed by atoms with Crippen LogP contribution in [0.3, 0.4) is 0 Å². The van der Waals surface area contributed by atoms with Crippen molar-refractivity contribution < 1.29 is 35.5 Å². The van der Waals surface area contributed by atoms with Crippen LogP contribution in [0.1, 0.15) is 29.7 Å². The fourth-order valence-electron chi connectivity index (χ4n) is 2.99. The van der Waals surface area contributed by atoms with Gasteiger partial charge in [-0.15, -0.1) is 0 Å². The van der Waals surface area contributed by atoms with Crippen molar-refractivity contribution in [1.29, 1.82) is 0 Å². The second-order valence-electron chi connectivity index (χ2n) is 6.92. The van der Waals surface area contributed by atoms with Crippen molar-refractivity contribution in [2.24, 2.45) is 0 Å². The molecule has 0 fully saturated rings. The molecule has 1 atom stereocenters. The minimum Gasteiger partial charge on any atom is -0.482 e. The summed E-state index contributed by atoms with van der Waals surface area (Å²) < 4.78 is 98.5. The molecule has 0 aliphatic rings. The minimum absolute atomic E-state index is 0.0155. The Balaban J connectivity index is 2.06. The lowest BCUT2D eigenvalue weighted by molar-refractivity contribution is -0.143. The Labute approximate surface area is 192 Å². The lowest BCUT2D eigenvalue weighted by Gasteiger charge is -2.19. The van der Waals surface area contributed by atoms with Crippen LogP contribution in [0.5, 0.6) is 5.75 Å². The van der Waals surface area contributed by atoms with Crippen LogP contribution in [-0.4, -0.2) is 4.98 Å². The van der Waals surface area contributed by atoms with E-state index in [1.54, 1.807) is 0 Å². The Bertz CT molecular complexity index is 1160. The maximum atomic E-state index is 13.8. The number of nitrogen functional groups attached to an aromatic ring is 1. The SMILES string of the molecule is CC(Oc1cc(-c2cc(C(F)(F)F)cc(C(F)(F)F)c2)cnc1N)c1c(Cl)ccc(F)c1Cl. The number of halogens is 9. The highest BCUT2D eigenvalue weighted by Crippen LogP contribution is 2.40. The summed E-state index contributed by atoms with van der Waals surface area (Å²) in [5.74, 6) is -1.16. The van der Waals surface area contributed by atoms with Crippen molar-refractivity contribution in [2.75, 3.05) is 5.73 Å². The molecule has 1 heterocycles. The molecule has 0 saturated carbocycles. The molecule has 1 unspecified atom stereocenters. The molecule has 0 radical (unpaired) electrons. The van der Waals surface area contributed by atoms with E-state index in [0.29, 0.717) is 12.1 Å². The first kappa shape index (κ1) is 24.9. The van der Waals surface area contributed by atoms with E-state index in [9.17, 15) is 30.7 Å². The second kappa shape index (κ2) is 8.90. The maximum Gasteiger partial charge on any atom is 0.416 e. The highest BCUT2D eigenvalue weighted by molar-refractivity contribution is 6.36. The fourth-order valence-corrected chi connectivity index (χ4v) is 3.67. The van der Waals surface area contributed by atoms with Gasteiger partial charge in [0.05, 0.1) is 16.1 Å². The van der Waals surface area contributed by atoms with E-state index in [1.165, 1.54) is 13.0 Å². The molecule has 3 aromatic rings. The minimum atomic E-state index is -5.02. The molecular weight excluding hydrogens is 500 g/mol.